The summed E-state index contributed by atoms with van der Waals surface area (Å²) in [5, 5.41) is 18.6. The monoisotopic (exact) mass is 961 g/mol. The number of aromatic nitrogens is 6. The quantitative estimate of drug-likeness (QED) is 0.0666. The number of hydrogen-bond acceptors (Lipinski definition) is 13. The number of hydrogen-bond donors (Lipinski definition) is 7. The molecule has 69 heavy (non-hydrogen) atoms. The molecule has 0 bridgehead atoms. The van der Waals surface area contributed by atoms with Crippen LogP contribution < -0.4 is 33.2 Å². The Morgan fingerprint density at radius 3 is 1.58 bits per heavy atom. The molecule has 0 fully saturated rings. The van der Waals surface area contributed by atoms with Gasteiger partial charge in [-0.3, -0.25) is 9.18 Å². The van der Waals surface area contributed by atoms with Crippen molar-refractivity contribution in [2.24, 2.45) is 0 Å². The van der Waals surface area contributed by atoms with Crippen molar-refractivity contribution in [1.82, 2.24) is 29.9 Å². The number of aromatic carboxylic acids is 1. The van der Waals surface area contributed by atoms with E-state index in [4.69, 9.17) is 46.9 Å². The first-order valence-corrected chi connectivity index (χ1v) is 21.6. The summed E-state index contributed by atoms with van der Waals surface area (Å²) < 4.78 is 15.5. The summed E-state index contributed by atoms with van der Waals surface area (Å²) in [5.41, 5.74) is 28.3. The van der Waals surface area contributed by atoms with Gasteiger partial charge in [-0.15, -0.1) is 0 Å². The zero-order valence-corrected chi connectivity index (χ0v) is 38.0. The van der Waals surface area contributed by atoms with E-state index in [2.05, 4.69) is 82.3 Å². The molecule has 346 valence electrons. The number of carbonyl (C=O) groups excluding carboxylic acids is 1. The molecule has 15 nitrogen and oxygen atoms in total. The molecule has 4 aromatic heterocycles. The minimum Gasteiger partial charge on any atom is -0.478 e. The molecular weight excluding hydrogens is 919 g/mol. The number of rotatable bonds is 9. The molecule has 0 saturated carbocycles. The number of carbonyl (C=O) groups is 2. The summed E-state index contributed by atoms with van der Waals surface area (Å²) in [7, 11) is -1.00. The number of nitrogens with two attached hydrogens (primary N) is 3. The summed E-state index contributed by atoms with van der Waals surface area (Å²) in [5.74, 6) is 0.308. The number of nitrogens with one attached hydrogen (secondary N) is 3. The Morgan fingerprint density at radius 1 is 0.609 bits per heavy atom. The Hall–Kier alpha value is -8.73. The van der Waals surface area contributed by atoms with Crippen LogP contribution in [0.5, 0.6) is 0 Å². The number of carboxylic acids is 1. The minimum atomic E-state index is -1.00. The average Bonchev–Trinajstić information content (AvgIpc) is 3.99. The first-order chi connectivity index (χ1) is 33.9. The zero-order valence-electron chi connectivity index (χ0n) is 37.4. The molecule has 0 aliphatic heterocycles. The lowest BCUT2D eigenvalue weighted by Gasteiger charge is -2.11. The van der Waals surface area contributed by atoms with Crippen molar-refractivity contribution < 1.29 is 20.5 Å². The third kappa shape index (κ3) is 12.4. The first-order valence-electron chi connectivity index (χ1n) is 21.5. The lowest BCUT2D eigenvalue weighted by molar-refractivity contribution is 0.0696. The van der Waals surface area contributed by atoms with Gasteiger partial charge in [-0.2, -0.15) is 0 Å². The van der Waals surface area contributed by atoms with Gasteiger partial charge in [0.25, 0.3) is 5.91 Å². The fourth-order valence-electron chi connectivity index (χ4n) is 7.07. The summed E-state index contributed by atoms with van der Waals surface area (Å²) in [4.78, 5) is 48.1. The van der Waals surface area contributed by atoms with E-state index in [0.717, 1.165) is 46.6 Å². The smallest absolute Gasteiger partial charge is 0.337 e. The highest BCUT2D eigenvalue weighted by molar-refractivity contribution is 6.32. The predicted molar refractivity (Wildman–Crippen MR) is 272 cm³/mol. The maximum absolute atomic E-state index is 12.5. The van der Waals surface area contributed by atoms with Crippen LogP contribution in [-0.4, -0.2) is 54.0 Å². The van der Waals surface area contributed by atoms with Crippen LogP contribution >= 0.6 is 23.2 Å². The number of alkyl halides is 1. The van der Waals surface area contributed by atoms with Crippen LogP contribution in [-0.2, 0) is 12.8 Å². The number of amides is 1. The third-order valence-corrected chi connectivity index (χ3v) is 10.8. The molecule has 0 unspecified atom stereocenters. The second-order valence-electron chi connectivity index (χ2n) is 14.9. The van der Waals surface area contributed by atoms with Gasteiger partial charge in [0, 0.05) is 46.3 Å². The molecule has 10 N–H and O–H groups in total. The molecule has 4 aromatic carbocycles. The molecule has 2 aliphatic carbocycles. The van der Waals surface area contributed by atoms with Crippen molar-refractivity contribution >= 4 is 92.5 Å². The number of halogens is 3. The molecule has 1 amide bonds. The normalized spacial score (nSPS) is 11.8. The van der Waals surface area contributed by atoms with E-state index < -0.39 is 13.1 Å². The number of pyridine rings is 2. The SMILES string of the molecule is Nc1ccc(C(=O)Nc2cccc(Nc3ncc(Cl)c(C4=CCc5ccccc54)n3)c2)cn1.Nc1ccc(C(=O)O)cn1.Nc1cccc(Nc2ncc(Cl)c(C3=CCc4ccccc43)n2)c1.[2H]CF. The molecule has 0 atom stereocenters. The standard InChI is InChI=1S/C25H19ClN6O.C19H15ClN4.C6H6N2O2.CH3F/c26-21-14-29-25(32-23(21)20-10-8-15-4-1-2-7-19(15)20)31-18-6-3-5-17(12-18)30-24(33)16-9-11-22(27)28-13-16;20-17-11-22-19(23-14-6-3-5-13(21)10-14)24-18(17)16-9-8-12-4-1-2-7-15(12)16;7-5-2-1-4(3-8-5)6(9)10;1-2/h1-7,9-14H,8H2,(H2,27,28)(H,30,33)(H,29,31,32);1-7,9-11H,8,21H2,(H,22,23,24);1-3H,(H2,7,8)(H,9,10);1H3/i;;;1D. The van der Waals surface area contributed by atoms with E-state index in [1.54, 1.807) is 36.7 Å². The number of fused-ring (bicyclic) bond motifs is 2. The van der Waals surface area contributed by atoms with Gasteiger partial charge in [-0.1, -0.05) is 96.0 Å². The van der Waals surface area contributed by atoms with E-state index in [1.165, 1.54) is 41.2 Å². The van der Waals surface area contributed by atoms with E-state index >= 15 is 0 Å². The first kappa shape index (κ1) is 46.8. The van der Waals surface area contributed by atoms with Crippen molar-refractivity contribution in [2.75, 3.05) is 40.3 Å². The van der Waals surface area contributed by atoms with Gasteiger partial charge in [-0.05, 0) is 95.8 Å². The van der Waals surface area contributed by atoms with Gasteiger partial charge in [-0.25, -0.2) is 34.7 Å². The summed E-state index contributed by atoms with van der Waals surface area (Å²) in [6.45, 7) is 0. The van der Waals surface area contributed by atoms with Gasteiger partial charge in [0.15, 0.2) is 0 Å². The lowest BCUT2D eigenvalue weighted by atomic mass is 10.0. The van der Waals surface area contributed by atoms with Crippen LogP contribution in [0.15, 0.2) is 158 Å². The fourth-order valence-corrected chi connectivity index (χ4v) is 7.46. The van der Waals surface area contributed by atoms with Crippen molar-refractivity contribution in [3.8, 4) is 0 Å². The van der Waals surface area contributed by atoms with Crippen LogP contribution in [0.2, 0.25) is 10.0 Å². The highest BCUT2D eigenvalue weighted by Gasteiger charge is 2.21. The van der Waals surface area contributed by atoms with Gasteiger partial charge in [0.2, 0.25) is 11.9 Å². The van der Waals surface area contributed by atoms with Crippen LogP contribution in [0.4, 0.5) is 50.7 Å². The van der Waals surface area contributed by atoms with Crippen LogP contribution in [0.25, 0.3) is 11.1 Å². The molecule has 4 heterocycles. The van der Waals surface area contributed by atoms with Gasteiger partial charge < -0.3 is 38.3 Å². The van der Waals surface area contributed by atoms with Gasteiger partial charge in [0.1, 0.15) is 11.6 Å². The second kappa shape index (κ2) is 22.6. The molecule has 18 heteroatoms. The third-order valence-electron chi connectivity index (χ3n) is 10.3. The summed E-state index contributed by atoms with van der Waals surface area (Å²) in [6, 6.07) is 37.3. The molecule has 0 saturated heterocycles. The molecule has 0 radical (unpaired) electrons. The van der Waals surface area contributed by atoms with E-state index in [0.29, 0.717) is 56.2 Å². The Morgan fingerprint density at radius 2 is 1.09 bits per heavy atom. The number of anilines is 8. The minimum absolute atomic E-state index is 0.147. The molecular formula is C51H43Cl2FN12O3. The summed E-state index contributed by atoms with van der Waals surface area (Å²) in [6.07, 6.45) is 11.9. The van der Waals surface area contributed by atoms with Crippen molar-refractivity contribution in [3.05, 3.63) is 213 Å². The van der Waals surface area contributed by atoms with E-state index in [9.17, 15) is 14.0 Å². The van der Waals surface area contributed by atoms with Crippen molar-refractivity contribution in [3.63, 3.8) is 0 Å². The highest BCUT2D eigenvalue weighted by atomic mass is 35.5. The number of benzene rings is 4. The van der Waals surface area contributed by atoms with Crippen LogP contribution in [0, 0.1) is 0 Å². The van der Waals surface area contributed by atoms with Crippen LogP contribution in [0.1, 0.15) is 55.7 Å². The molecule has 2 aliphatic rings. The predicted octanol–water partition coefficient (Wildman–Crippen LogP) is 10.5. The van der Waals surface area contributed by atoms with Crippen molar-refractivity contribution in [1.29, 1.82) is 0 Å². The Kier molecular flexibility index (Phi) is 15.4. The molecule has 8 aromatic rings. The number of nitrogens with zero attached hydrogens (tertiary/aromatic N) is 6. The van der Waals surface area contributed by atoms with E-state index in [-0.39, 0.29) is 11.5 Å². The number of allylic oxidation sites excluding steroid dienone is 2. The fraction of sp³-hybridized carbons (Fsp3) is 0.0588. The highest BCUT2D eigenvalue weighted by Crippen LogP contribution is 2.37. The van der Waals surface area contributed by atoms with Crippen LogP contribution in [0.3, 0.4) is 0 Å². The largest absolute Gasteiger partial charge is 0.478 e. The Balaban J connectivity index is 0.000000169. The average molecular weight is 963 g/mol. The van der Waals surface area contributed by atoms with E-state index in [1.807, 2.05) is 60.7 Å². The Labute approximate surface area is 407 Å². The van der Waals surface area contributed by atoms with Gasteiger partial charge >= 0.3 is 5.97 Å². The molecule has 0 spiro atoms. The van der Waals surface area contributed by atoms with Gasteiger partial charge in [0.05, 0.1) is 53.5 Å². The lowest BCUT2D eigenvalue weighted by Crippen LogP contribution is -2.12. The Bertz CT molecular complexity index is 3220. The summed E-state index contributed by atoms with van der Waals surface area (Å²) >= 11 is 12.8. The topological polar surface area (TPSA) is 246 Å². The second-order valence-corrected chi connectivity index (χ2v) is 15.7. The maximum atomic E-state index is 12.5. The molecule has 10 rings (SSSR count). The maximum Gasteiger partial charge on any atom is 0.337 e. The zero-order chi connectivity index (χ0) is 49.6. The number of carboxylic acid groups (broad SMARTS) is 1. The van der Waals surface area contributed by atoms with Crippen molar-refractivity contribution in [2.45, 2.75) is 12.8 Å². The number of nitrogen functional groups attached to an aromatic ring is 3.